The molecule has 3 rings (SSSR count). The molecule has 0 aromatic heterocycles. The number of unbranched alkanes of at least 4 members (excludes halogenated alkanes) is 1. The first-order chi connectivity index (χ1) is 16.4. The van der Waals surface area contributed by atoms with Gasteiger partial charge in [-0.2, -0.15) is 0 Å². The van der Waals surface area contributed by atoms with E-state index >= 15 is 0 Å². The maximum absolute atomic E-state index is 13.1. The average Bonchev–Trinajstić information content (AvgIpc) is 2.83. The molecule has 0 unspecified atom stereocenters. The Morgan fingerprint density at radius 1 is 0.824 bits per heavy atom. The highest BCUT2D eigenvalue weighted by molar-refractivity contribution is 6.04. The highest BCUT2D eigenvalue weighted by Gasteiger charge is 2.25. The molecule has 0 atom stereocenters. The topological polar surface area (TPSA) is 63.6 Å². The van der Waals surface area contributed by atoms with Crippen LogP contribution in [0.1, 0.15) is 84.7 Å². The lowest BCUT2D eigenvalue weighted by Crippen LogP contribution is -2.10. The van der Waals surface area contributed by atoms with Crippen molar-refractivity contribution < 1.29 is 19.4 Å². The average molecular weight is 459 g/mol. The SMILES string of the molecule is CCCCOC(=O)c1ccccc1-c1c(CCC)ccc(C(C)C)c1-c1ccccc1C(=O)O. The number of esters is 1. The van der Waals surface area contributed by atoms with Crippen LogP contribution in [0.4, 0.5) is 0 Å². The van der Waals surface area contributed by atoms with Crippen molar-refractivity contribution in [3.8, 4) is 22.3 Å². The lowest BCUT2D eigenvalue weighted by atomic mass is 9.80. The molecule has 0 saturated heterocycles. The number of carboxylic acid groups (broad SMARTS) is 1. The number of aromatic carboxylic acids is 1. The van der Waals surface area contributed by atoms with E-state index in [9.17, 15) is 14.7 Å². The Hall–Kier alpha value is -3.40. The second-order valence-corrected chi connectivity index (χ2v) is 8.85. The van der Waals surface area contributed by atoms with Crippen LogP contribution < -0.4 is 0 Å². The molecular weight excluding hydrogens is 424 g/mol. The van der Waals surface area contributed by atoms with Gasteiger partial charge in [-0.25, -0.2) is 9.59 Å². The molecular formula is C30H34O4. The van der Waals surface area contributed by atoms with E-state index in [1.54, 1.807) is 18.2 Å². The quantitative estimate of drug-likeness (QED) is 0.249. The Morgan fingerprint density at radius 2 is 1.44 bits per heavy atom. The zero-order valence-electron chi connectivity index (χ0n) is 20.6. The Morgan fingerprint density at radius 3 is 2.03 bits per heavy atom. The third-order valence-electron chi connectivity index (χ3n) is 6.04. The fourth-order valence-electron chi connectivity index (χ4n) is 4.37. The van der Waals surface area contributed by atoms with E-state index in [1.807, 2.05) is 30.3 Å². The fraction of sp³-hybridized carbons (Fsp3) is 0.333. The Labute approximate surface area is 202 Å². The summed E-state index contributed by atoms with van der Waals surface area (Å²) in [5.41, 5.74) is 6.16. The van der Waals surface area contributed by atoms with Crippen molar-refractivity contribution in [2.45, 2.75) is 59.3 Å². The molecule has 0 bridgehead atoms. The molecule has 0 fully saturated rings. The number of rotatable bonds is 10. The summed E-state index contributed by atoms with van der Waals surface area (Å²) in [4.78, 5) is 25.3. The molecule has 3 aromatic rings. The second kappa shape index (κ2) is 11.6. The van der Waals surface area contributed by atoms with Gasteiger partial charge in [-0.05, 0) is 64.3 Å². The van der Waals surface area contributed by atoms with E-state index in [-0.39, 0.29) is 17.5 Å². The minimum Gasteiger partial charge on any atom is -0.478 e. The zero-order valence-corrected chi connectivity index (χ0v) is 20.6. The van der Waals surface area contributed by atoms with Crippen LogP contribution in [0, 0.1) is 0 Å². The van der Waals surface area contributed by atoms with Crippen molar-refractivity contribution in [3.05, 3.63) is 82.9 Å². The molecule has 0 spiro atoms. The lowest BCUT2D eigenvalue weighted by Gasteiger charge is -2.24. The minimum atomic E-state index is -0.968. The number of hydrogen-bond donors (Lipinski definition) is 1. The fourth-order valence-corrected chi connectivity index (χ4v) is 4.37. The van der Waals surface area contributed by atoms with Crippen LogP contribution in [0.5, 0.6) is 0 Å². The number of carbonyl (C=O) groups is 2. The van der Waals surface area contributed by atoms with Gasteiger partial charge in [0.15, 0.2) is 0 Å². The molecule has 0 aliphatic carbocycles. The van der Waals surface area contributed by atoms with Crippen molar-refractivity contribution in [2.75, 3.05) is 6.61 Å². The minimum absolute atomic E-state index is 0.162. The van der Waals surface area contributed by atoms with Crippen molar-refractivity contribution in [2.24, 2.45) is 0 Å². The van der Waals surface area contributed by atoms with Crippen LogP contribution in [-0.2, 0) is 11.2 Å². The summed E-state index contributed by atoms with van der Waals surface area (Å²) in [5.74, 6) is -1.15. The summed E-state index contributed by atoms with van der Waals surface area (Å²) in [7, 11) is 0. The van der Waals surface area contributed by atoms with E-state index < -0.39 is 5.97 Å². The summed E-state index contributed by atoms with van der Waals surface area (Å²) >= 11 is 0. The number of benzene rings is 3. The van der Waals surface area contributed by atoms with E-state index in [4.69, 9.17) is 4.74 Å². The van der Waals surface area contributed by atoms with Gasteiger partial charge in [-0.15, -0.1) is 0 Å². The molecule has 0 aliphatic rings. The van der Waals surface area contributed by atoms with Crippen LogP contribution in [-0.4, -0.2) is 23.7 Å². The predicted octanol–water partition coefficient (Wildman–Crippen LogP) is 7.75. The van der Waals surface area contributed by atoms with Gasteiger partial charge >= 0.3 is 11.9 Å². The normalized spacial score (nSPS) is 11.0. The monoisotopic (exact) mass is 458 g/mol. The van der Waals surface area contributed by atoms with Gasteiger partial charge < -0.3 is 9.84 Å². The van der Waals surface area contributed by atoms with Gasteiger partial charge in [0.05, 0.1) is 17.7 Å². The van der Waals surface area contributed by atoms with Gasteiger partial charge in [-0.1, -0.05) is 89.1 Å². The standard InChI is InChI=1S/C30H34O4/c1-5-7-19-34-30(33)26-16-11-9-14-24(26)27-21(12-6-2)17-18-22(20(3)4)28(27)23-13-8-10-15-25(23)29(31)32/h8-11,13-18,20H,5-7,12,19H2,1-4H3,(H,31,32). The number of ether oxygens (including phenoxy) is 1. The van der Waals surface area contributed by atoms with E-state index in [0.29, 0.717) is 17.7 Å². The molecule has 1 N–H and O–H groups in total. The van der Waals surface area contributed by atoms with E-state index in [2.05, 4.69) is 39.8 Å². The van der Waals surface area contributed by atoms with Gasteiger partial charge in [0.2, 0.25) is 0 Å². The first-order valence-electron chi connectivity index (χ1n) is 12.2. The molecule has 178 valence electrons. The molecule has 0 saturated carbocycles. The molecule has 4 heteroatoms. The summed E-state index contributed by atoms with van der Waals surface area (Å²) < 4.78 is 5.58. The highest BCUT2D eigenvalue weighted by atomic mass is 16.5. The number of carboxylic acids is 1. The van der Waals surface area contributed by atoms with Crippen LogP contribution in [0.3, 0.4) is 0 Å². The lowest BCUT2D eigenvalue weighted by molar-refractivity contribution is 0.0500. The van der Waals surface area contributed by atoms with Gasteiger partial charge in [-0.3, -0.25) is 0 Å². The van der Waals surface area contributed by atoms with Crippen molar-refractivity contribution >= 4 is 11.9 Å². The second-order valence-electron chi connectivity index (χ2n) is 8.85. The third-order valence-corrected chi connectivity index (χ3v) is 6.04. The molecule has 0 amide bonds. The zero-order chi connectivity index (χ0) is 24.7. The molecule has 0 aliphatic heterocycles. The number of hydrogen-bond acceptors (Lipinski definition) is 3. The molecule has 34 heavy (non-hydrogen) atoms. The van der Waals surface area contributed by atoms with E-state index in [1.165, 1.54) is 0 Å². The summed E-state index contributed by atoms with van der Waals surface area (Å²) in [5, 5.41) is 9.98. The third kappa shape index (κ3) is 5.39. The molecule has 4 nitrogen and oxygen atoms in total. The Kier molecular flexibility index (Phi) is 8.64. The van der Waals surface area contributed by atoms with Crippen LogP contribution >= 0.6 is 0 Å². The first kappa shape index (κ1) is 25.2. The molecule has 0 heterocycles. The largest absolute Gasteiger partial charge is 0.478 e. The van der Waals surface area contributed by atoms with Crippen molar-refractivity contribution in [1.82, 2.24) is 0 Å². The molecule has 0 radical (unpaired) electrons. The first-order valence-corrected chi connectivity index (χ1v) is 12.2. The van der Waals surface area contributed by atoms with Gasteiger partial charge in [0.25, 0.3) is 0 Å². The number of carbonyl (C=O) groups excluding carboxylic acids is 1. The van der Waals surface area contributed by atoms with Gasteiger partial charge in [0.1, 0.15) is 0 Å². The van der Waals surface area contributed by atoms with Crippen LogP contribution in [0.25, 0.3) is 22.3 Å². The molecule has 3 aromatic carbocycles. The predicted molar refractivity (Wildman–Crippen MR) is 138 cm³/mol. The maximum atomic E-state index is 13.1. The summed E-state index contributed by atoms with van der Waals surface area (Å²) in [6.45, 7) is 8.78. The van der Waals surface area contributed by atoms with Crippen LogP contribution in [0.15, 0.2) is 60.7 Å². The smallest absolute Gasteiger partial charge is 0.338 e. The van der Waals surface area contributed by atoms with E-state index in [0.717, 1.165) is 53.5 Å². The Bertz CT molecular complexity index is 1160. The van der Waals surface area contributed by atoms with Crippen molar-refractivity contribution in [3.63, 3.8) is 0 Å². The summed E-state index contributed by atoms with van der Waals surface area (Å²) in [6, 6.07) is 18.9. The Balaban J connectivity index is 2.38. The highest BCUT2D eigenvalue weighted by Crippen LogP contribution is 2.43. The summed E-state index contributed by atoms with van der Waals surface area (Å²) in [6.07, 6.45) is 3.50. The maximum Gasteiger partial charge on any atom is 0.338 e. The number of aryl methyl sites for hydroxylation is 1. The van der Waals surface area contributed by atoms with Gasteiger partial charge in [0, 0.05) is 0 Å². The van der Waals surface area contributed by atoms with Crippen molar-refractivity contribution in [1.29, 1.82) is 0 Å². The van der Waals surface area contributed by atoms with Crippen LogP contribution in [0.2, 0.25) is 0 Å².